The third kappa shape index (κ3) is 5.07. The molecule has 1 saturated heterocycles. The van der Waals surface area contributed by atoms with Gasteiger partial charge in [0.2, 0.25) is 0 Å². The van der Waals surface area contributed by atoms with Crippen LogP contribution in [0, 0.1) is 0 Å². The van der Waals surface area contributed by atoms with Gasteiger partial charge in [-0.1, -0.05) is 12.1 Å². The molecule has 0 bridgehead atoms. The minimum Gasteiger partial charge on any atom is -0.468 e. The molecule has 1 unspecified atom stereocenters. The molecule has 30 heavy (non-hydrogen) atoms. The van der Waals surface area contributed by atoms with Crippen LogP contribution in [0.1, 0.15) is 37.1 Å². The minimum absolute atomic E-state index is 0.216. The van der Waals surface area contributed by atoms with Crippen molar-refractivity contribution in [2.45, 2.75) is 32.4 Å². The minimum atomic E-state index is 0.216. The monoisotopic (exact) mass is 407 g/mol. The summed E-state index contributed by atoms with van der Waals surface area (Å²) >= 11 is 0. The lowest BCUT2D eigenvalue weighted by Gasteiger charge is -2.26. The summed E-state index contributed by atoms with van der Waals surface area (Å²) in [6, 6.07) is 12.4. The number of nitrogens with zero attached hydrogens (tertiary/aromatic N) is 5. The highest BCUT2D eigenvalue weighted by atomic mass is 16.3. The van der Waals surface area contributed by atoms with Crippen LogP contribution in [-0.4, -0.2) is 51.8 Å². The van der Waals surface area contributed by atoms with Gasteiger partial charge in [0.15, 0.2) is 5.96 Å². The SMILES string of the molecule is CCNC(=NCc1ccc(-n2cncn2)cc1)NCC(c1ccco1)N1CCCC1. The van der Waals surface area contributed by atoms with Gasteiger partial charge in [-0.25, -0.2) is 14.7 Å². The molecule has 2 aromatic heterocycles. The lowest BCUT2D eigenvalue weighted by molar-refractivity contribution is 0.215. The Morgan fingerprint density at radius 1 is 1.17 bits per heavy atom. The zero-order valence-electron chi connectivity index (χ0n) is 17.4. The Morgan fingerprint density at radius 2 is 2.00 bits per heavy atom. The summed E-state index contributed by atoms with van der Waals surface area (Å²) in [5.41, 5.74) is 2.12. The molecule has 0 amide bonds. The molecule has 1 atom stereocenters. The number of hydrogen-bond donors (Lipinski definition) is 2. The highest BCUT2D eigenvalue weighted by Gasteiger charge is 2.25. The molecule has 158 valence electrons. The molecular weight excluding hydrogens is 378 g/mol. The van der Waals surface area contributed by atoms with Crippen molar-refractivity contribution in [3.05, 3.63) is 66.6 Å². The second-order valence-electron chi connectivity index (χ2n) is 7.36. The van der Waals surface area contributed by atoms with E-state index in [2.05, 4.69) is 50.7 Å². The number of likely N-dealkylation sites (tertiary alicyclic amines) is 1. The van der Waals surface area contributed by atoms with Crippen molar-refractivity contribution in [2.24, 2.45) is 4.99 Å². The van der Waals surface area contributed by atoms with E-state index >= 15 is 0 Å². The molecule has 0 aliphatic carbocycles. The largest absolute Gasteiger partial charge is 0.468 e. The van der Waals surface area contributed by atoms with Crippen LogP contribution in [0.4, 0.5) is 0 Å². The third-order valence-corrected chi connectivity index (χ3v) is 5.30. The first-order chi connectivity index (χ1) is 14.8. The number of nitrogens with one attached hydrogen (secondary N) is 2. The molecule has 1 aliphatic rings. The molecular formula is C22H29N7O. The van der Waals surface area contributed by atoms with Crippen molar-refractivity contribution in [3.8, 4) is 5.69 Å². The normalized spacial score (nSPS) is 16.0. The van der Waals surface area contributed by atoms with Crippen LogP contribution in [0.2, 0.25) is 0 Å². The summed E-state index contributed by atoms with van der Waals surface area (Å²) in [5.74, 6) is 1.82. The summed E-state index contributed by atoms with van der Waals surface area (Å²) in [4.78, 5) is 11.2. The first kappa shape index (κ1) is 20.2. The Bertz CT molecular complexity index is 898. The number of aliphatic imine (C=N–C) groups is 1. The average molecular weight is 408 g/mol. The second kappa shape index (κ2) is 10.1. The van der Waals surface area contributed by atoms with Crippen molar-refractivity contribution >= 4 is 5.96 Å². The van der Waals surface area contributed by atoms with E-state index in [1.165, 1.54) is 19.2 Å². The maximum absolute atomic E-state index is 5.72. The second-order valence-corrected chi connectivity index (χ2v) is 7.36. The fraction of sp³-hybridized carbons (Fsp3) is 0.409. The van der Waals surface area contributed by atoms with E-state index in [-0.39, 0.29) is 6.04 Å². The van der Waals surface area contributed by atoms with Gasteiger partial charge in [-0.2, -0.15) is 5.10 Å². The van der Waals surface area contributed by atoms with Gasteiger partial charge in [0.1, 0.15) is 18.4 Å². The maximum atomic E-state index is 5.72. The van der Waals surface area contributed by atoms with Gasteiger partial charge < -0.3 is 15.1 Å². The molecule has 1 fully saturated rings. The highest BCUT2D eigenvalue weighted by Crippen LogP contribution is 2.24. The Labute approximate surface area is 177 Å². The van der Waals surface area contributed by atoms with E-state index in [1.807, 2.05) is 18.2 Å². The predicted octanol–water partition coefficient (Wildman–Crippen LogP) is 2.75. The van der Waals surface area contributed by atoms with E-state index in [0.717, 1.165) is 49.1 Å². The van der Waals surface area contributed by atoms with Crippen LogP contribution in [0.3, 0.4) is 0 Å². The Morgan fingerprint density at radius 3 is 2.67 bits per heavy atom. The lowest BCUT2D eigenvalue weighted by atomic mass is 10.2. The number of aromatic nitrogens is 3. The first-order valence-electron chi connectivity index (χ1n) is 10.6. The Kier molecular flexibility index (Phi) is 6.76. The molecule has 8 heteroatoms. The Hall–Kier alpha value is -3.13. The first-order valence-corrected chi connectivity index (χ1v) is 10.6. The quantitative estimate of drug-likeness (QED) is 0.441. The van der Waals surface area contributed by atoms with Crippen LogP contribution >= 0.6 is 0 Å². The number of benzene rings is 1. The molecule has 3 heterocycles. The number of hydrogen-bond acceptors (Lipinski definition) is 5. The zero-order valence-corrected chi connectivity index (χ0v) is 17.4. The van der Waals surface area contributed by atoms with Crippen LogP contribution in [-0.2, 0) is 6.54 Å². The smallest absolute Gasteiger partial charge is 0.191 e. The van der Waals surface area contributed by atoms with Crippen molar-refractivity contribution in [1.29, 1.82) is 0 Å². The van der Waals surface area contributed by atoms with Gasteiger partial charge >= 0.3 is 0 Å². The summed E-state index contributed by atoms with van der Waals surface area (Å²) in [6.45, 7) is 6.46. The molecule has 8 nitrogen and oxygen atoms in total. The van der Waals surface area contributed by atoms with Crippen LogP contribution in [0.15, 0.2) is 64.7 Å². The fourth-order valence-electron chi connectivity index (χ4n) is 3.74. The van der Waals surface area contributed by atoms with Gasteiger partial charge in [0.05, 0.1) is 24.5 Å². The summed E-state index contributed by atoms with van der Waals surface area (Å²) < 4.78 is 7.46. The Balaban J connectivity index is 1.39. The summed E-state index contributed by atoms with van der Waals surface area (Å²) in [6.07, 6.45) is 7.47. The summed E-state index contributed by atoms with van der Waals surface area (Å²) in [5, 5.41) is 11.0. The van der Waals surface area contributed by atoms with E-state index in [9.17, 15) is 0 Å². The van der Waals surface area contributed by atoms with Gasteiger partial charge in [-0.15, -0.1) is 0 Å². The molecule has 3 aromatic rings. The fourth-order valence-corrected chi connectivity index (χ4v) is 3.74. The predicted molar refractivity (Wildman–Crippen MR) is 116 cm³/mol. The van der Waals surface area contributed by atoms with Crippen molar-refractivity contribution in [2.75, 3.05) is 26.2 Å². The van der Waals surface area contributed by atoms with Crippen molar-refractivity contribution in [3.63, 3.8) is 0 Å². The molecule has 0 radical (unpaired) electrons. The zero-order chi connectivity index (χ0) is 20.6. The van der Waals surface area contributed by atoms with Crippen LogP contribution in [0.25, 0.3) is 5.69 Å². The van der Waals surface area contributed by atoms with Gasteiger partial charge in [-0.05, 0) is 62.7 Å². The van der Waals surface area contributed by atoms with Crippen molar-refractivity contribution < 1.29 is 4.42 Å². The molecule has 2 N–H and O–H groups in total. The van der Waals surface area contributed by atoms with E-state index in [4.69, 9.17) is 9.41 Å². The maximum Gasteiger partial charge on any atom is 0.191 e. The number of rotatable bonds is 8. The lowest BCUT2D eigenvalue weighted by Crippen LogP contribution is -2.42. The average Bonchev–Trinajstić information content (AvgIpc) is 3.56. The van der Waals surface area contributed by atoms with E-state index in [0.29, 0.717) is 6.54 Å². The molecule has 1 aliphatic heterocycles. The van der Waals surface area contributed by atoms with Crippen molar-refractivity contribution in [1.82, 2.24) is 30.3 Å². The highest BCUT2D eigenvalue weighted by molar-refractivity contribution is 5.79. The van der Waals surface area contributed by atoms with Crippen LogP contribution in [0.5, 0.6) is 0 Å². The standard InChI is InChI=1S/C22H29N7O/c1-2-24-22(25-14-18-7-9-19(10-8-18)29-17-23-16-27-29)26-15-20(21-6-5-13-30-21)28-11-3-4-12-28/h5-10,13,16-17,20H,2-4,11-12,14-15H2,1H3,(H2,24,25,26). The number of furan rings is 1. The van der Waals surface area contributed by atoms with Gasteiger partial charge in [0, 0.05) is 13.1 Å². The summed E-state index contributed by atoms with van der Waals surface area (Å²) in [7, 11) is 0. The molecule has 4 rings (SSSR count). The molecule has 1 aromatic carbocycles. The van der Waals surface area contributed by atoms with Crippen LogP contribution < -0.4 is 10.6 Å². The van der Waals surface area contributed by atoms with Gasteiger partial charge in [0.25, 0.3) is 0 Å². The van der Waals surface area contributed by atoms with E-state index < -0.39 is 0 Å². The number of guanidine groups is 1. The van der Waals surface area contributed by atoms with E-state index in [1.54, 1.807) is 17.3 Å². The van der Waals surface area contributed by atoms with Gasteiger partial charge in [-0.3, -0.25) is 4.90 Å². The third-order valence-electron chi connectivity index (χ3n) is 5.30. The topological polar surface area (TPSA) is 83.5 Å². The molecule has 0 spiro atoms. The molecule has 0 saturated carbocycles.